The first-order valence-corrected chi connectivity index (χ1v) is 5.34. The standard InChI is InChI=1S/C11H12ClNO2/c1-6(2)8-5-7-3-4-15-11(14)9(7)10(12)13-8/h5-6H,3-4H2,1-2H3. The fraction of sp³-hybridized carbons (Fsp3) is 0.455. The molecule has 0 atom stereocenters. The van der Waals surface area contributed by atoms with E-state index >= 15 is 0 Å². The normalized spacial score (nSPS) is 15.1. The molecule has 80 valence electrons. The number of rotatable bonds is 1. The fourth-order valence-electron chi connectivity index (χ4n) is 1.62. The van der Waals surface area contributed by atoms with Crippen molar-refractivity contribution in [3.05, 3.63) is 28.0 Å². The number of hydrogen-bond acceptors (Lipinski definition) is 3. The van der Waals surface area contributed by atoms with Crippen LogP contribution in [0.2, 0.25) is 5.15 Å². The Hall–Kier alpha value is -1.09. The van der Waals surface area contributed by atoms with E-state index in [4.69, 9.17) is 16.3 Å². The largest absolute Gasteiger partial charge is 0.462 e. The molecule has 0 aromatic carbocycles. The smallest absolute Gasteiger partial charge is 0.341 e. The van der Waals surface area contributed by atoms with E-state index in [0.717, 1.165) is 17.7 Å². The molecule has 1 aliphatic rings. The monoisotopic (exact) mass is 225 g/mol. The molecule has 0 saturated carbocycles. The number of ether oxygens (including phenoxy) is 1. The Labute approximate surface area is 93.4 Å². The van der Waals surface area contributed by atoms with E-state index in [1.807, 2.05) is 19.9 Å². The third kappa shape index (κ3) is 1.84. The van der Waals surface area contributed by atoms with Gasteiger partial charge in [0.15, 0.2) is 0 Å². The van der Waals surface area contributed by atoms with Crippen LogP contribution in [0.4, 0.5) is 0 Å². The van der Waals surface area contributed by atoms with Gasteiger partial charge in [0.2, 0.25) is 0 Å². The molecular weight excluding hydrogens is 214 g/mol. The minimum atomic E-state index is -0.357. The lowest BCUT2D eigenvalue weighted by molar-refractivity contribution is 0.0480. The van der Waals surface area contributed by atoms with Gasteiger partial charge in [0, 0.05) is 12.1 Å². The van der Waals surface area contributed by atoms with Gasteiger partial charge in [-0.1, -0.05) is 25.4 Å². The summed E-state index contributed by atoms with van der Waals surface area (Å²) in [5.74, 6) is -0.0465. The fourth-order valence-corrected chi connectivity index (χ4v) is 1.91. The molecule has 1 aliphatic heterocycles. The van der Waals surface area contributed by atoms with Gasteiger partial charge in [0.25, 0.3) is 0 Å². The van der Waals surface area contributed by atoms with Crippen molar-refractivity contribution in [3.63, 3.8) is 0 Å². The molecule has 2 heterocycles. The predicted molar refractivity (Wildman–Crippen MR) is 57.3 cm³/mol. The Morgan fingerprint density at radius 3 is 2.93 bits per heavy atom. The SMILES string of the molecule is CC(C)c1cc2c(c(Cl)n1)C(=O)OCC2. The molecule has 0 aliphatic carbocycles. The Bertz CT molecular complexity index is 415. The molecule has 2 rings (SSSR count). The number of aromatic nitrogens is 1. The van der Waals surface area contributed by atoms with E-state index in [1.54, 1.807) is 0 Å². The van der Waals surface area contributed by atoms with Crippen LogP contribution in [0.15, 0.2) is 6.07 Å². The topological polar surface area (TPSA) is 39.2 Å². The highest BCUT2D eigenvalue weighted by atomic mass is 35.5. The molecule has 3 nitrogen and oxygen atoms in total. The molecule has 15 heavy (non-hydrogen) atoms. The number of nitrogens with zero attached hydrogens (tertiary/aromatic N) is 1. The van der Waals surface area contributed by atoms with Crippen molar-refractivity contribution in [1.29, 1.82) is 0 Å². The molecule has 0 unspecified atom stereocenters. The second kappa shape index (κ2) is 3.81. The molecular formula is C11H12ClNO2. The van der Waals surface area contributed by atoms with Gasteiger partial charge in [-0.3, -0.25) is 0 Å². The first-order chi connectivity index (χ1) is 7.09. The van der Waals surface area contributed by atoms with Crippen LogP contribution in [0.5, 0.6) is 0 Å². The van der Waals surface area contributed by atoms with Crippen LogP contribution in [0.25, 0.3) is 0 Å². The zero-order valence-corrected chi connectivity index (χ0v) is 9.47. The summed E-state index contributed by atoms with van der Waals surface area (Å²) < 4.78 is 4.92. The molecule has 0 bridgehead atoms. The maximum Gasteiger partial charge on any atom is 0.341 e. The van der Waals surface area contributed by atoms with Crippen LogP contribution in [-0.4, -0.2) is 17.6 Å². The molecule has 1 aromatic rings. The molecule has 0 radical (unpaired) electrons. The molecule has 0 saturated heterocycles. The quantitative estimate of drug-likeness (QED) is 0.545. The number of carbonyl (C=O) groups is 1. The van der Waals surface area contributed by atoms with Gasteiger partial charge in [0.1, 0.15) is 10.7 Å². The zero-order chi connectivity index (χ0) is 11.0. The maximum atomic E-state index is 11.4. The molecule has 0 N–H and O–H groups in total. The Kier molecular flexibility index (Phi) is 2.65. The van der Waals surface area contributed by atoms with Gasteiger partial charge in [-0.05, 0) is 17.5 Å². The third-order valence-electron chi connectivity index (χ3n) is 2.48. The lowest BCUT2D eigenvalue weighted by Gasteiger charge is -2.18. The predicted octanol–water partition coefficient (Wildman–Crippen LogP) is 2.57. The van der Waals surface area contributed by atoms with Crippen molar-refractivity contribution in [1.82, 2.24) is 4.98 Å². The van der Waals surface area contributed by atoms with Crippen molar-refractivity contribution >= 4 is 17.6 Å². The number of carbonyl (C=O) groups excluding carboxylic acids is 1. The van der Waals surface area contributed by atoms with Crippen LogP contribution in [0, 0.1) is 0 Å². The highest BCUT2D eigenvalue weighted by Gasteiger charge is 2.24. The molecule has 0 amide bonds. The summed E-state index contributed by atoms with van der Waals surface area (Å²) in [7, 11) is 0. The van der Waals surface area contributed by atoms with Crippen molar-refractivity contribution in [2.45, 2.75) is 26.2 Å². The van der Waals surface area contributed by atoms with E-state index in [-0.39, 0.29) is 11.1 Å². The molecule has 0 fully saturated rings. The summed E-state index contributed by atoms with van der Waals surface area (Å²) in [6, 6.07) is 1.95. The number of hydrogen-bond donors (Lipinski definition) is 0. The van der Waals surface area contributed by atoms with Gasteiger partial charge in [-0.15, -0.1) is 0 Å². The summed E-state index contributed by atoms with van der Waals surface area (Å²) in [6.45, 7) is 4.53. The summed E-state index contributed by atoms with van der Waals surface area (Å²) in [4.78, 5) is 15.6. The summed E-state index contributed by atoms with van der Waals surface area (Å²) in [5, 5.41) is 0.265. The van der Waals surface area contributed by atoms with Crippen molar-refractivity contribution in [2.24, 2.45) is 0 Å². The van der Waals surface area contributed by atoms with Crippen molar-refractivity contribution < 1.29 is 9.53 Å². The van der Waals surface area contributed by atoms with E-state index < -0.39 is 0 Å². The lowest BCUT2D eigenvalue weighted by atomic mass is 10.0. The first-order valence-electron chi connectivity index (χ1n) is 4.96. The number of esters is 1. The number of cyclic esters (lactones) is 1. The third-order valence-corrected chi connectivity index (χ3v) is 2.75. The second-order valence-corrected chi connectivity index (χ2v) is 4.27. The van der Waals surface area contributed by atoms with E-state index in [1.165, 1.54) is 0 Å². The summed E-state index contributed by atoms with van der Waals surface area (Å²) in [5.41, 5.74) is 2.32. The molecule has 0 spiro atoms. The lowest BCUT2D eigenvalue weighted by Crippen LogP contribution is -2.19. The van der Waals surface area contributed by atoms with Crippen molar-refractivity contribution in [2.75, 3.05) is 6.61 Å². The number of halogens is 1. The van der Waals surface area contributed by atoms with E-state index in [0.29, 0.717) is 18.1 Å². The van der Waals surface area contributed by atoms with Crippen LogP contribution in [0.3, 0.4) is 0 Å². The van der Waals surface area contributed by atoms with E-state index in [2.05, 4.69) is 4.98 Å². The van der Waals surface area contributed by atoms with Gasteiger partial charge in [-0.25, -0.2) is 9.78 Å². The van der Waals surface area contributed by atoms with Crippen LogP contribution < -0.4 is 0 Å². The van der Waals surface area contributed by atoms with Crippen LogP contribution in [-0.2, 0) is 11.2 Å². The second-order valence-electron chi connectivity index (χ2n) is 3.91. The van der Waals surface area contributed by atoms with Gasteiger partial charge in [-0.2, -0.15) is 0 Å². The highest BCUT2D eigenvalue weighted by Crippen LogP contribution is 2.26. The zero-order valence-electron chi connectivity index (χ0n) is 8.71. The first kappa shape index (κ1) is 10.4. The Balaban J connectivity index is 2.55. The Morgan fingerprint density at radius 2 is 2.27 bits per heavy atom. The van der Waals surface area contributed by atoms with Crippen molar-refractivity contribution in [3.8, 4) is 0 Å². The number of fused-ring (bicyclic) bond motifs is 1. The number of pyridine rings is 1. The molecule has 1 aromatic heterocycles. The average Bonchev–Trinajstić information content (AvgIpc) is 2.17. The van der Waals surface area contributed by atoms with Gasteiger partial charge in [0.05, 0.1) is 6.61 Å². The summed E-state index contributed by atoms with van der Waals surface area (Å²) >= 11 is 5.97. The maximum absolute atomic E-state index is 11.4. The summed E-state index contributed by atoms with van der Waals surface area (Å²) in [6.07, 6.45) is 0.725. The molecule has 4 heteroatoms. The minimum Gasteiger partial charge on any atom is -0.462 e. The highest BCUT2D eigenvalue weighted by molar-refractivity contribution is 6.32. The van der Waals surface area contributed by atoms with Gasteiger partial charge >= 0.3 is 5.97 Å². The Morgan fingerprint density at radius 1 is 1.53 bits per heavy atom. The minimum absolute atomic E-state index is 0.265. The van der Waals surface area contributed by atoms with Crippen LogP contribution in [0.1, 0.15) is 41.4 Å². The van der Waals surface area contributed by atoms with E-state index in [9.17, 15) is 4.79 Å². The van der Waals surface area contributed by atoms with Gasteiger partial charge < -0.3 is 4.74 Å². The van der Waals surface area contributed by atoms with Crippen LogP contribution >= 0.6 is 11.6 Å². The average molecular weight is 226 g/mol.